The number of ether oxygens (including phenoxy) is 2. The molecular weight excluding hydrogens is 775 g/mol. The van der Waals surface area contributed by atoms with Crippen molar-refractivity contribution < 1.29 is 55.7 Å². The molecule has 0 radical (unpaired) electrons. The summed E-state index contributed by atoms with van der Waals surface area (Å²) in [6.45, 7) is 1.52. The molecule has 0 aliphatic heterocycles. The summed E-state index contributed by atoms with van der Waals surface area (Å²) in [5, 5.41) is 22.6. The van der Waals surface area contributed by atoms with E-state index in [1.54, 1.807) is 4.72 Å². The van der Waals surface area contributed by atoms with Gasteiger partial charge in [-0.2, -0.15) is 9.97 Å². The van der Waals surface area contributed by atoms with Crippen LogP contribution >= 0.6 is 23.2 Å². The van der Waals surface area contributed by atoms with Crippen LogP contribution in [0.4, 0.5) is 21.5 Å². The van der Waals surface area contributed by atoms with Crippen molar-refractivity contribution in [3.8, 4) is 11.8 Å². The van der Waals surface area contributed by atoms with Crippen molar-refractivity contribution in [2.75, 3.05) is 24.9 Å². The zero-order chi connectivity index (χ0) is 38.9. The number of urea groups is 2. The first-order valence-corrected chi connectivity index (χ1v) is 17.9. The lowest BCUT2D eigenvalue weighted by Gasteiger charge is -2.34. The fraction of sp³-hybridized carbons (Fsp3) is 0.214. The Balaban J connectivity index is 0.000000281. The van der Waals surface area contributed by atoms with Crippen LogP contribution < -0.4 is 29.6 Å². The number of hydrogen-bond acceptors (Lipinski definition) is 14. The summed E-state index contributed by atoms with van der Waals surface area (Å²) in [5.74, 6) is -4.62. The van der Waals surface area contributed by atoms with Crippen LogP contribution in [0, 0.1) is 5.92 Å². The van der Waals surface area contributed by atoms with Crippen LogP contribution in [0.1, 0.15) is 23.7 Å². The van der Waals surface area contributed by atoms with Gasteiger partial charge in [-0.25, -0.2) is 50.6 Å². The summed E-state index contributed by atoms with van der Waals surface area (Å²) in [5.41, 5.74) is -0.483. The van der Waals surface area contributed by atoms with Crippen molar-refractivity contribution in [2.45, 2.75) is 23.0 Å². The van der Waals surface area contributed by atoms with Gasteiger partial charge in [-0.15, -0.1) is 0 Å². The molecule has 20 nitrogen and oxygen atoms in total. The standard InChI is InChI=1S/C15H17ClN4O6S.C13H11ClN4O6S/c1-3-15(7-5-4-6-9(15)12(21)22)27(24,25)20-14(23)19-13-17-10(16)8-11(18-13)26-2;1-24-10-6-9(14)15-12(16-10)17-13(21)18-25(22,23)8-5-3-2-4-7(8)11(19)20/h4-9H,3H2,1-2H3,(H,21,22)(H2,17,18,19,20,23);2-6H,1H3,(H,19,20)(H2,15,16,17,18,21). The van der Waals surface area contributed by atoms with Crippen molar-refractivity contribution in [2.24, 2.45) is 5.92 Å². The van der Waals surface area contributed by atoms with Crippen LogP contribution in [0.15, 0.2) is 65.6 Å². The van der Waals surface area contributed by atoms with Crippen molar-refractivity contribution in [1.29, 1.82) is 0 Å². The van der Waals surface area contributed by atoms with E-state index < -0.39 is 65.2 Å². The van der Waals surface area contributed by atoms with Gasteiger partial charge in [0.2, 0.25) is 33.7 Å². The van der Waals surface area contributed by atoms with Gasteiger partial charge in [0.1, 0.15) is 19.9 Å². The van der Waals surface area contributed by atoms with E-state index in [-0.39, 0.29) is 40.4 Å². The third kappa shape index (κ3) is 10.0. The normalized spacial score (nSPS) is 16.4. The lowest BCUT2D eigenvalue weighted by Crippen LogP contribution is -2.54. The van der Waals surface area contributed by atoms with Gasteiger partial charge in [0, 0.05) is 12.1 Å². The first-order chi connectivity index (χ1) is 24.4. The number of benzene rings is 1. The van der Waals surface area contributed by atoms with Crippen LogP contribution in [0.5, 0.6) is 11.8 Å². The number of rotatable bonds is 11. The average molecular weight is 804 g/mol. The number of aromatic nitrogens is 4. The highest BCUT2D eigenvalue weighted by Gasteiger charge is 2.51. The fourth-order valence-electron chi connectivity index (χ4n) is 4.38. The Morgan fingerprint density at radius 1 is 0.827 bits per heavy atom. The van der Waals surface area contributed by atoms with E-state index in [0.717, 1.165) is 12.1 Å². The van der Waals surface area contributed by atoms with E-state index in [0.29, 0.717) is 0 Å². The lowest BCUT2D eigenvalue weighted by atomic mass is 9.85. The topological polar surface area (TPSA) is 295 Å². The molecule has 52 heavy (non-hydrogen) atoms. The number of carboxylic acid groups (broad SMARTS) is 2. The molecule has 1 aliphatic carbocycles. The molecule has 2 aromatic heterocycles. The molecule has 2 heterocycles. The SMILES string of the molecule is CCC1(S(=O)(=O)NC(=O)Nc2nc(Cl)cc(OC)n2)C=CC=CC1C(=O)O.COc1cc(Cl)nc(NC(=O)NS(=O)(=O)c2ccccc2C(=O)O)n1. The van der Waals surface area contributed by atoms with E-state index in [1.165, 1.54) is 69.7 Å². The number of nitrogens with zero attached hydrogens (tertiary/aromatic N) is 4. The molecule has 0 fully saturated rings. The monoisotopic (exact) mass is 802 g/mol. The number of halogens is 2. The molecule has 2 unspecified atom stereocenters. The van der Waals surface area contributed by atoms with Crippen molar-refractivity contribution >= 4 is 79.1 Å². The van der Waals surface area contributed by atoms with Gasteiger partial charge >= 0.3 is 24.0 Å². The second-order valence-electron chi connectivity index (χ2n) is 9.90. The molecule has 278 valence electrons. The predicted molar refractivity (Wildman–Crippen MR) is 183 cm³/mol. The van der Waals surface area contributed by atoms with Gasteiger partial charge in [-0.05, 0) is 18.6 Å². The zero-order valence-corrected chi connectivity index (χ0v) is 30.0. The predicted octanol–water partition coefficient (Wildman–Crippen LogP) is 2.91. The van der Waals surface area contributed by atoms with E-state index in [9.17, 15) is 41.1 Å². The number of aromatic carboxylic acids is 1. The third-order valence-electron chi connectivity index (χ3n) is 6.71. The van der Waals surface area contributed by atoms with Gasteiger partial charge in [0.15, 0.2) is 0 Å². The molecule has 2 atom stereocenters. The average Bonchev–Trinajstić information content (AvgIpc) is 3.07. The number of allylic oxidation sites excluding steroid dienone is 2. The van der Waals surface area contributed by atoms with Crippen LogP contribution in [-0.4, -0.2) is 90.0 Å². The maximum atomic E-state index is 12.8. The number of aliphatic carboxylic acids is 1. The van der Waals surface area contributed by atoms with E-state index >= 15 is 0 Å². The quantitative estimate of drug-likeness (QED) is 0.152. The van der Waals surface area contributed by atoms with Crippen molar-refractivity contribution in [3.63, 3.8) is 0 Å². The molecule has 3 aromatic rings. The van der Waals surface area contributed by atoms with Crippen LogP contribution in [0.25, 0.3) is 0 Å². The molecule has 4 rings (SSSR count). The fourth-order valence-corrected chi connectivity index (χ4v) is 7.47. The molecule has 4 amide bonds. The van der Waals surface area contributed by atoms with Crippen LogP contribution in [-0.2, 0) is 24.8 Å². The number of sulfonamides is 2. The number of anilines is 2. The summed E-state index contributed by atoms with van der Waals surface area (Å²) in [6, 6.07) is 5.04. The van der Waals surface area contributed by atoms with Gasteiger partial charge in [-0.1, -0.05) is 66.6 Å². The summed E-state index contributed by atoms with van der Waals surface area (Å²) < 4.78 is 61.5. The minimum absolute atomic E-state index is 0.0312. The highest BCUT2D eigenvalue weighted by Crippen LogP contribution is 2.35. The van der Waals surface area contributed by atoms with Crippen LogP contribution in [0.3, 0.4) is 0 Å². The highest BCUT2D eigenvalue weighted by atomic mass is 35.5. The maximum Gasteiger partial charge on any atom is 0.337 e. The van der Waals surface area contributed by atoms with Crippen molar-refractivity contribution in [1.82, 2.24) is 29.4 Å². The molecule has 1 aromatic carbocycles. The Bertz CT molecular complexity index is 2150. The lowest BCUT2D eigenvalue weighted by molar-refractivity contribution is -0.140. The maximum absolute atomic E-state index is 12.8. The zero-order valence-electron chi connectivity index (χ0n) is 26.9. The number of carbonyl (C=O) groups is 4. The Morgan fingerprint density at radius 2 is 1.35 bits per heavy atom. The van der Waals surface area contributed by atoms with Gasteiger partial charge < -0.3 is 19.7 Å². The number of methoxy groups -OCH3 is 2. The van der Waals surface area contributed by atoms with E-state index in [4.69, 9.17) is 37.8 Å². The Morgan fingerprint density at radius 3 is 1.83 bits per heavy atom. The third-order valence-corrected chi connectivity index (χ3v) is 10.6. The largest absolute Gasteiger partial charge is 0.481 e. The second kappa shape index (κ2) is 17.1. The molecule has 24 heteroatoms. The minimum atomic E-state index is -4.44. The first-order valence-electron chi connectivity index (χ1n) is 14.1. The molecule has 1 aliphatic rings. The number of carbonyl (C=O) groups excluding carboxylic acids is 2. The number of hydrogen-bond donors (Lipinski definition) is 6. The smallest absolute Gasteiger partial charge is 0.337 e. The van der Waals surface area contributed by atoms with Crippen molar-refractivity contribution in [3.05, 3.63) is 76.6 Å². The minimum Gasteiger partial charge on any atom is -0.481 e. The molecule has 0 spiro atoms. The second-order valence-corrected chi connectivity index (χ2v) is 14.3. The van der Waals surface area contributed by atoms with E-state index in [1.807, 2.05) is 4.72 Å². The first kappa shape index (κ1) is 40.8. The summed E-state index contributed by atoms with van der Waals surface area (Å²) in [7, 11) is -6.24. The van der Waals surface area contributed by atoms with Gasteiger partial charge in [0.25, 0.3) is 10.0 Å². The molecule has 6 N–H and O–H groups in total. The number of nitrogens with one attached hydrogen (secondary N) is 4. The Hall–Kier alpha value is -5.58. The van der Waals surface area contributed by atoms with Gasteiger partial charge in [0.05, 0.1) is 25.7 Å². The summed E-state index contributed by atoms with van der Waals surface area (Å²) in [6.07, 6.45) is 5.29. The van der Waals surface area contributed by atoms with Crippen LogP contribution in [0.2, 0.25) is 10.3 Å². The Kier molecular flexibility index (Phi) is 13.4. The summed E-state index contributed by atoms with van der Waals surface area (Å²) in [4.78, 5) is 61.1. The Labute approximate surface area is 305 Å². The molecule has 0 bridgehead atoms. The highest BCUT2D eigenvalue weighted by molar-refractivity contribution is 7.91. The molecule has 0 saturated carbocycles. The molecular formula is C28H28Cl2N8O12S2. The number of amides is 4. The van der Waals surface area contributed by atoms with E-state index in [2.05, 4.69) is 30.6 Å². The molecule has 0 saturated heterocycles. The summed E-state index contributed by atoms with van der Waals surface area (Å²) >= 11 is 11.5. The number of carboxylic acids is 2. The van der Waals surface area contributed by atoms with Gasteiger partial charge in [-0.3, -0.25) is 15.4 Å².